The highest BCUT2D eigenvalue weighted by Gasteiger charge is 2.61. The summed E-state index contributed by atoms with van der Waals surface area (Å²) in [5.74, 6) is 0.811. The fraction of sp³-hybridized carbons (Fsp3) is 0.966. The van der Waals surface area contributed by atoms with Gasteiger partial charge < -0.3 is 14.9 Å². The molecule has 4 nitrogen and oxygen atoms in total. The Labute approximate surface area is 203 Å². The van der Waals surface area contributed by atoms with Gasteiger partial charge in [-0.3, -0.25) is 4.79 Å². The van der Waals surface area contributed by atoms with Crippen molar-refractivity contribution in [1.82, 2.24) is 0 Å². The lowest BCUT2D eigenvalue weighted by atomic mass is 9.37. The zero-order chi connectivity index (χ0) is 23.6. The molecule has 4 aliphatic rings. The summed E-state index contributed by atoms with van der Waals surface area (Å²) in [6, 6.07) is 0. The molecule has 4 fully saturated rings. The molecule has 0 saturated heterocycles. The highest BCUT2D eigenvalue weighted by atomic mass is 16.5. The summed E-state index contributed by atoms with van der Waals surface area (Å²) in [7, 11) is 0. The molecule has 33 heavy (non-hydrogen) atoms. The average Bonchev–Trinajstić information content (AvgIpc) is 2.78. The number of ether oxygens (including phenoxy) is 1. The van der Waals surface area contributed by atoms with Crippen LogP contribution in [0.5, 0.6) is 0 Å². The second-order valence-electron chi connectivity index (χ2n) is 12.4. The molecule has 2 unspecified atom stereocenters. The molecule has 0 aliphatic heterocycles. The third-order valence-electron chi connectivity index (χ3n) is 9.24. The Hall–Kier alpha value is -0.610. The number of carbonyl (C=O) groups is 1. The summed E-state index contributed by atoms with van der Waals surface area (Å²) in [6.45, 7) is 3.43. The van der Waals surface area contributed by atoms with Crippen LogP contribution >= 0.6 is 0 Å². The minimum atomic E-state index is -0.00657. The van der Waals surface area contributed by atoms with Gasteiger partial charge in [-0.25, -0.2) is 0 Å². The van der Waals surface area contributed by atoms with E-state index in [2.05, 4.69) is 6.92 Å². The molecule has 2 N–H and O–H groups in total. The van der Waals surface area contributed by atoms with Crippen LogP contribution in [-0.2, 0) is 9.53 Å². The summed E-state index contributed by atoms with van der Waals surface area (Å²) in [6.07, 6.45) is 23.5. The number of aliphatic hydroxyl groups excluding tert-OH is 2. The molecular weight excluding hydrogens is 412 g/mol. The molecule has 0 radical (unpaired) electrons. The normalized spacial score (nSPS) is 32.4. The van der Waals surface area contributed by atoms with Crippen molar-refractivity contribution in [2.45, 2.75) is 135 Å². The highest BCUT2D eigenvalue weighted by Crippen LogP contribution is 2.73. The van der Waals surface area contributed by atoms with E-state index < -0.39 is 0 Å². The van der Waals surface area contributed by atoms with Crippen LogP contribution in [0.25, 0.3) is 0 Å². The van der Waals surface area contributed by atoms with E-state index in [4.69, 9.17) is 4.74 Å². The van der Waals surface area contributed by atoms with Gasteiger partial charge in [0.2, 0.25) is 0 Å². The maximum absolute atomic E-state index is 12.2. The van der Waals surface area contributed by atoms with E-state index in [1.54, 1.807) is 0 Å². The number of rotatable bonds is 18. The van der Waals surface area contributed by atoms with E-state index in [0.717, 1.165) is 50.9 Å². The van der Waals surface area contributed by atoms with E-state index in [1.165, 1.54) is 77.0 Å². The van der Waals surface area contributed by atoms with Gasteiger partial charge in [0.15, 0.2) is 0 Å². The van der Waals surface area contributed by atoms with Crippen LogP contribution in [-0.4, -0.2) is 36.0 Å². The molecule has 0 aromatic heterocycles. The molecule has 0 heterocycles. The Morgan fingerprint density at radius 1 is 0.727 bits per heavy atom. The maximum Gasteiger partial charge on any atom is 0.305 e. The highest BCUT2D eigenvalue weighted by molar-refractivity contribution is 5.69. The van der Waals surface area contributed by atoms with Crippen molar-refractivity contribution in [3.63, 3.8) is 0 Å². The van der Waals surface area contributed by atoms with E-state index in [0.29, 0.717) is 42.5 Å². The number of esters is 1. The Morgan fingerprint density at radius 3 is 1.73 bits per heavy atom. The van der Waals surface area contributed by atoms with Gasteiger partial charge in [-0.2, -0.15) is 0 Å². The van der Waals surface area contributed by atoms with Crippen molar-refractivity contribution in [2.24, 2.45) is 22.2 Å². The fourth-order valence-electron chi connectivity index (χ4n) is 8.74. The van der Waals surface area contributed by atoms with Crippen LogP contribution < -0.4 is 0 Å². The molecule has 4 aliphatic carbocycles. The van der Waals surface area contributed by atoms with Gasteiger partial charge in [0.25, 0.3) is 0 Å². The van der Waals surface area contributed by atoms with Gasteiger partial charge in [0.05, 0.1) is 6.61 Å². The number of hydrogen-bond donors (Lipinski definition) is 2. The zero-order valence-electron chi connectivity index (χ0n) is 21.6. The van der Waals surface area contributed by atoms with Crippen LogP contribution in [0, 0.1) is 22.2 Å². The molecular formula is C29H52O4. The van der Waals surface area contributed by atoms with Gasteiger partial charge in [-0.15, -0.1) is 0 Å². The molecule has 0 aromatic rings. The third kappa shape index (κ3) is 7.69. The summed E-state index contributed by atoms with van der Waals surface area (Å²) in [4.78, 5) is 12.2. The van der Waals surface area contributed by atoms with Crippen molar-refractivity contribution in [2.75, 3.05) is 19.8 Å². The number of aliphatic hydroxyl groups is 2. The largest absolute Gasteiger partial charge is 0.466 e. The Balaban J connectivity index is 1.43. The van der Waals surface area contributed by atoms with Gasteiger partial charge in [0, 0.05) is 19.6 Å². The lowest BCUT2D eigenvalue weighted by Gasteiger charge is -2.67. The Morgan fingerprint density at radius 2 is 1.21 bits per heavy atom. The van der Waals surface area contributed by atoms with Crippen LogP contribution in [0.2, 0.25) is 0 Å². The lowest BCUT2D eigenvalue weighted by Crippen LogP contribution is -2.57. The second-order valence-corrected chi connectivity index (χ2v) is 12.4. The minimum absolute atomic E-state index is 0.00657. The zero-order valence-corrected chi connectivity index (χ0v) is 21.6. The van der Waals surface area contributed by atoms with E-state index in [9.17, 15) is 15.0 Å². The second kappa shape index (κ2) is 12.9. The smallest absolute Gasteiger partial charge is 0.305 e. The molecule has 4 rings (SSSR count). The molecule has 0 aromatic carbocycles. The lowest BCUT2D eigenvalue weighted by molar-refractivity contribution is -0.171. The van der Waals surface area contributed by atoms with Crippen LogP contribution in [0.3, 0.4) is 0 Å². The van der Waals surface area contributed by atoms with Crippen molar-refractivity contribution in [3.05, 3.63) is 0 Å². The van der Waals surface area contributed by atoms with Crippen molar-refractivity contribution in [3.8, 4) is 0 Å². The summed E-state index contributed by atoms with van der Waals surface area (Å²) in [5.41, 5.74) is 1.21. The standard InChI is InChI=1S/C29H52O4/c1-2-3-4-5-6-7-8-12-26(32)33-18-11-15-29-21-25-19-27(23-29,13-9-16-30)22-28(20-25,24-29)14-10-17-31/h25,30-31H,2-24H2,1H3. The monoisotopic (exact) mass is 464 g/mol. The summed E-state index contributed by atoms with van der Waals surface area (Å²) in [5, 5.41) is 19.0. The minimum Gasteiger partial charge on any atom is -0.466 e. The van der Waals surface area contributed by atoms with Gasteiger partial charge in [-0.1, -0.05) is 45.4 Å². The summed E-state index contributed by atoms with van der Waals surface area (Å²) >= 11 is 0. The molecule has 192 valence electrons. The quantitative estimate of drug-likeness (QED) is 0.170. The SMILES string of the molecule is CCCCCCCCCC(=O)OCCCC12CC3CC(CCCO)(CC(CCCO)(C3)C1)C2. The third-order valence-corrected chi connectivity index (χ3v) is 9.24. The molecule has 2 atom stereocenters. The summed E-state index contributed by atoms with van der Waals surface area (Å²) < 4.78 is 5.63. The van der Waals surface area contributed by atoms with Crippen LogP contribution in [0.4, 0.5) is 0 Å². The van der Waals surface area contributed by atoms with Crippen LogP contribution in [0.1, 0.15) is 135 Å². The molecule has 0 spiro atoms. The van der Waals surface area contributed by atoms with Gasteiger partial charge in [0.1, 0.15) is 0 Å². The van der Waals surface area contributed by atoms with Crippen molar-refractivity contribution in [1.29, 1.82) is 0 Å². The first kappa shape index (κ1) is 27.0. The van der Waals surface area contributed by atoms with Crippen molar-refractivity contribution >= 4 is 5.97 Å². The van der Waals surface area contributed by atoms with E-state index in [-0.39, 0.29) is 5.97 Å². The number of unbranched alkanes of at least 4 members (excludes halogenated alkanes) is 6. The maximum atomic E-state index is 12.2. The van der Waals surface area contributed by atoms with Crippen LogP contribution in [0.15, 0.2) is 0 Å². The van der Waals surface area contributed by atoms with Crippen molar-refractivity contribution < 1.29 is 19.7 Å². The molecule has 4 bridgehead atoms. The Bertz CT molecular complexity index is 564. The first-order valence-electron chi connectivity index (χ1n) is 14.4. The topological polar surface area (TPSA) is 66.8 Å². The molecule has 4 saturated carbocycles. The number of carbonyl (C=O) groups excluding carboxylic acids is 1. The predicted octanol–water partition coefficient (Wildman–Crippen LogP) is 6.95. The molecule has 4 heteroatoms. The predicted molar refractivity (Wildman–Crippen MR) is 134 cm³/mol. The first-order valence-corrected chi connectivity index (χ1v) is 14.4. The van der Waals surface area contributed by atoms with E-state index >= 15 is 0 Å². The Kier molecular flexibility index (Phi) is 10.6. The average molecular weight is 465 g/mol. The van der Waals surface area contributed by atoms with Gasteiger partial charge in [-0.05, 0) is 106 Å². The van der Waals surface area contributed by atoms with Gasteiger partial charge >= 0.3 is 5.97 Å². The fourth-order valence-corrected chi connectivity index (χ4v) is 8.74. The van der Waals surface area contributed by atoms with E-state index in [1.807, 2.05) is 0 Å². The first-order chi connectivity index (χ1) is 16.0. The number of hydrogen-bond acceptors (Lipinski definition) is 4. The molecule has 0 amide bonds.